The maximum Gasteiger partial charge on any atom is 0.156 e. The van der Waals surface area contributed by atoms with Gasteiger partial charge in [-0.2, -0.15) is 0 Å². The Morgan fingerprint density at radius 3 is 2.78 bits per heavy atom. The van der Waals surface area contributed by atoms with Gasteiger partial charge in [-0.3, -0.25) is 0 Å². The van der Waals surface area contributed by atoms with Crippen molar-refractivity contribution in [1.82, 2.24) is 10.2 Å². The molecule has 0 amide bonds. The average Bonchev–Trinajstić information content (AvgIpc) is 2.42. The van der Waals surface area contributed by atoms with E-state index in [9.17, 15) is 8.42 Å². The molecule has 0 spiro atoms. The molecule has 5 heteroatoms. The fraction of sp³-hybridized carbons (Fsp3) is 1.00. The summed E-state index contributed by atoms with van der Waals surface area (Å²) < 4.78 is 23.7. The van der Waals surface area contributed by atoms with E-state index in [1.165, 1.54) is 12.8 Å². The van der Waals surface area contributed by atoms with E-state index >= 15 is 0 Å². The SMILES string of the molecule is CC1(C)CCN(CC2CCCNC2)CCS1(=O)=O. The molecule has 106 valence electrons. The van der Waals surface area contributed by atoms with Crippen LogP contribution in [-0.2, 0) is 9.84 Å². The quantitative estimate of drug-likeness (QED) is 0.812. The van der Waals surface area contributed by atoms with Gasteiger partial charge in [-0.25, -0.2) is 8.42 Å². The fourth-order valence-electron chi connectivity index (χ4n) is 2.85. The maximum atomic E-state index is 12.1. The van der Waals surface area contributed by atoms with Crippen molar-refractivity contribution in [3.8, 4) is 0 Å². The van der Waals surface area contributed by atoms with Crippen LogP contribution in [0.4, 0.5) is 0 Å². The zero-order chi connectivity index (χ0) is 13.2. The molecular weight excluding hydrogens is 248 g/mol. The van der Waals surface area contributed by atoms with Crippen LogP contribution in [0.3, 0.4) is 0 Å². The van der Waals surface area contributed by atoms with Gasteiger partial charge in [-0.15, -0.1) is 0 Å². The van der Waals surface area contributed by atoms with Gasteiger partial charge in [0, 0.05) is 13.1 Å². The normalized spacial score (nSPS) is 32.9. The first kappa shape index (κ1) is 14.3. The highest BCUT2D eigenvalue weighted by atomic mass is 32.2. The lowest BCUT2D eigenvalue weighted by Crippen LogP contribution is -2.39. The molecule has 2 saturated heterocycles. The molecule has 0 bridgehead atoms. The minimum Gasteiger partial charge on any atom is -0.316 e. The molecule has 2 rings (SSSR count). The summed E-state index contributed by atoms with van der Waals surface area (Å²) in [6.07, 6.45) is 3.29. The Hall–Kier alpha value is -0.130. The van der Waals surface area contributed by atoms with Crippen molar-refractivity contribution in [2.75, 3.05) is 38.5 Å². The van der Waals surface area contributed by atoms with Gasteiger partial charge in [0.15, 0.2) is 9.84 Å². The molecule has 2 aliphatic rings. The van der Waals surface area contributed by atoms with E-state index in [1.807, 2.05) is 13.8 Å². The van der Waals surface area contributed by atoms with Crippen LogP contribution in [0.2, 0.25) is 0 Å². The highest BCUT2D eigenvalue weighted by Gasteiger charge is 2.37. The van der Waals surface area contributed by atoms with Gasteiger partial charge < -0.3 is 10.2 Å². The summed E-state index contributed by atoms with van der Waals surface area (Å²) in [6, 6.07) is 0. The molecular formula is C13H26N2O2S. The Morgan fingerprint density at radius 1 is 1.33 bits per heavy atom. The highest BCUT2D eigenvalue weighted by Crippen LogP contribution is 2.25. The number of rotatable bonds is 2. The smallest absolute Gasteiger partial charge is 0.156 e. The van der Waals surface area contributed by atoms with E-state index in [0.29, 0.717) is 18.2 Å². The van der Waals surface area contributed by atoms with Crippen LogP contribution in [0, 0.1) is 5.92 Å². The monoisotopic (exact) mass is 274 g/mol. The Labute approximate surface area is 111 Å². The summed E-state index contributed by atoms with van der Waals surface area (Å²) in [5.74, 6) is 1.02. The summed E-state index contributed by atoms with van der Waals surface area (Å²) in [6.45, 7) is 8.65. The number of nitrogens with zero attached hydrogens (tertiary/aromatic N) is 1. The first-order valence-corrected chi connectivity index (χ1v) is 8.71. The van der Waals surface area contributed by atoms with Gasteiger partial charge >= 0.3 is 0 Å². The Kier molecular flexibility index (Phi) is 4.34. The Balaban J connectivity index is 1.92. The predicted octanol–water partition coefficient (Wildman–Crippen LogP) is 0.885. The molecule has 0 radical (unpaired) electrons. The predicted molar refractivity (Wildman–Crippen MR) is 74.5 cm³/mol. The average molecular weight is 274 g/mol. The molecule has 0 saturated carbocycles. The van der Waals surface area contributed by atoms with E-state index in [-0.39, 0.29) is 0 Å². The minimum atomic E-state index is -2.93. The standard InChI is InChI=1S/C13H26N2O2S/c1-13(2)5-7-15(8-9-18(13,16)17)11-12-4-3-6-14-10-12/h12,14H,3-11H2,1-2H3. The molecule has 0 aliphatic carbocycles. The van der Waals surface area contributed by atoms with Crippen molar-refractivity contribution < 1.29 is 8.42 Å². The van der Waals surface area contributed by atoms with E-state index in [1.54, 1.807) is 0 Å². The van der Waals surface area contributed by atoms with Crippen LogP contribution in [0.1, 0.15) is 33.1 Å². The lowest BCUT2D eigenvalue weighted by atomic mass is 9.98. The van der Waals surface area contributed by atoms with Crippen molar-refractivity contribution in [3.05, 3.63) is 0 Å². The third-order valence-corrected chi connectivity index (χ3v) is 7.07. The third-order valence-electron chi connectivity index (χ3n) is 4.46. The van der Waals surface area contributed by atoms with E-state index in [2.05, 4.69) is 10.2 Å². The van der Waals surface area contributed by atoms with Crippen molar-refractivity contribution in [2.24, 2.45) is 5.92 Å². The lowest BCUT2D eigenvalue weighted by molar-refractivity contribution is 0.215. The van der Waals surface area contributed by atoms with Gasteiger partial charge in [0.2, 0.25) is 0 Å². The summed E-state index contributed by atoms with van der Waals surface area (Å²) in [4.78, 5) is 2.35. The zero-order valence-electron chi connectivity index (χ0n) is 11.6. The third kappa shape index (κ3) is 3.25. The van der Waals surface area contributed by atoms with E-state index in [0.717, 1.165) is 32.6 Å². The summed E-state index contributed by atoms with van der Waals surface area (Å²) >= 11 is 0. The molecule has 2 fully saturated rings. The first-order chi connectivity index (χ1) is 8.41. The van der Waals surface area contributed by atoms with Crippen LogP contribution in [-0.4, -0.2) is 56.5 Å². The van der Waals surface area contributed by atoms with Gasteiger partial charge in [0.25, 0.3) is 0 Å². The molecule has 2 heterocycles. The molecule has 4 nitrogen and oxygen atoms in total. The summed E-state index contributed by atoms with van der Waals surface area (Å²) in [5, 5.41) is 3.43. The van der Waals surface area contributed by atoms with Crippen LogP contribution in [0.15, 0.2) is 0 Å². The molecule has 18 heavy (non-hydrogen) atoms. The van der Waals surface area contributed by atoms with Crippen LogP contribution < -0.4 is 5.32 Å². The molecule has 0 aromatic heterocycles. The first-order valence-electron chi connectivity index (χ1n) is 7.06. The van der Waals surface area contributed by atoms with Crippen molar-refractivity contribution >= 4 is 9.84 Å². The lowest BCUT2D eigenvalue weighted by Gasteiger charge is -2.29. The number of hydrogen-bond acceptors (Lipinski definition) is 4. The Bertz CT molecular complexity index is 372. The topological polar surface area (TPSA) is 49.4 Å². The van der Waals surface area contributed by atoms with Crippen molar-refractivity contribution in [1.29, 1.82) is 0 Å². The number of nitrogens with one attached hydrogen (secondary N) is 1. The summed E-state index contributed by atoms with van der Waals surface area (Å²) in [7, 11) is -2.93. The van der Waals surface area contributed by atoms with Gasteiger partial charge in [0.1, 0.15) is 0 Å². The van der Waals surface area contributed by atoms with Crippen LogP contribution in [0.25, 0.3) is 0 Å². The second-order valence-electron chi connectivity index (χ2n) is 6.34. The highest BCUT2D eigenvalue weighted by molar-refractivity contribution is 7.92. The molecule has 0 aromatic carbocycles. The largest absolute Gasteiger partial charge is 0.316 e. The fourth-order valence-corrected chi connectivity index (χ4v) is 4.30. The number of piperidine rings is 1. The maximum absolute atomic E-state index is 12.1. The van der Waals surface area contributed by atoms with Gasteiger partial charge in [0.05, 0.1) is 10.5 Å². The number of sulfone groups is 1. The van der Waals surface area contributed by atoms with Crippen LogP contribution in [0.5, 0.6) is 0 Å². The zero-order valence-corrected chi connectivity index (χ0v) is 12.4. The molecule has 1 unspecified atom stereocenters. The van der Waals surface area contributed by atoms with E-state index in [4.69, 9.17) is 0 Å². The molecule has 1 atom stereocenters. The van der Waals surface area contributed by atoms with E-state index < -0.39 is 14.6 Å². The summed E-state index contributed by atoms with van der Waals surface area (Å²) in [5.41, 5.74) is 0. The Morgan fingerprint density at radius 2 is 2.11 bits per heavy atom. The van der Waals surface area contributed by atoms with Crippen molar-refractivity contribution in [2.45, 2.75) is 37.9 Å². The van der Waals surface area contributed by atoms with Crippen molar-refractivity contribution in [3.63, 3.8) is 0 Å². The van der Waals surface area contributed by atoms with Gasteiger partial charge in [-0.05, 0) is 58.7 Å². The van der Waals surface area contributed by atoms with Crippen LogP contribution >= 0.6 is 0 Å². The second-order valence-corrected chi connectivity index (χ2v) is 9.08. The minimum absolute atomic E-state index is 0.320. The van der Waals surface area contributed by atoms with Gasteiger partial charge in [-0.1, -0.05) is 0 Å². The number of hydrogen-bond donors (Lipinski definition) is 1. The molecule has 1 N–H and O–H groups in total. The molecule has 2 aliphatic heterocycles. The molecule has 0 aromatic rings. The second kappa shape index (κ2) is 5.47.